The predicted molar refractivity (Wildman–Crippen MR) is 54.2 cm³/mol. The van der Waals surface area contributed by atoms with E-state index >= 15 is 0 Å². The summed E-state index contributed by atoms with van der Waals surface area (Å²) in [5.74, 6) is 0. The van der Waals surface area contributed by atoms with Crippen LogP contribution in [0.5, 0.6) is 0 Å². The summed E-state index contributed by atoms with van der Waals surface area (Å²) in [6, 6.07) is 3.90. The molecule has 13 heavy (non-hydrogen) atoms. The zero-order valence-corrected chi connectivity index (χ0v) is 7.14. The summed E-state index contributed by atoms with van der Waals surface area (Å²) in [5, 5.41) is 0. The fourth-order valence-electron chi connectivity index (χ4n) is 1.12. The molecule has 0 fully saturated rings. The summed E-state index contributed by atoms with van der Waals surface area (Å²) in [5.41, 5.74) is 2.84. The standard InChI is InChI=1S/C10H9N3/c1-2-8-3-4-9(12-5-8)10-6-11-7-13-10/h2-5,7H,1,6H2. The Morgan fingerprint density at radius 2 is 2.31 bits per heavy atom. The van der Waals surface area contributed by atoms with Crippen LogP contribution in [0.4, 0.5) is 0 Å². The molecule has 1 aliphatic heterocycles. The van der Waals surface area contributed by atoms with Crippen LogP contribution in [0.25, 0.3) is 6.08 Å². The molecule has 0 spiro atoms. The Bertz CT molecular complexity index is 374. The second kappa shape index (κ2) is 3.31. The molecule has 0 amide bonds. The maximum Gasteiger partial charge on any atom is 0.110 e. The molecule has 0 N–H and O–H groups in total. The van der Waals surface area contributed by atoms with Crippen LogP contribution in [0.3, 0.4) is 0 Å². The minimum absolute atomic E-state index is 0.639. The smallest absolute Gasteiger partial charge is 0.110 e. The van der Waals surface area contributed by atoms with Crippen LogP contribution < -0.4 is 0 Å². The molecule has 1 aromatic heterocycles. The first-order valence-electron chi connectivity index (χ1n) is 4.04. The maximum atomic E-state index is 4.25. The quantitative estimate of drug-likeness (QED) is 0.665. The van der Waals surface area contributed by atoms with Gasteiger partial charge in [-0.3, -0.25) is 9.98 Å². The molecule has 0 aliphatic carbocycles. The fraction of sp³-hybridized carbons (Fsp3) is 0.100. The van der Waals surface area contributed by atoms with Gasteiger partial charge in [0.15, 0.2) is 0 Å². The molecule has 0 bridgehead atoms. The van der Waals surface area contributed by atoms with Gasteiger partial charge in [0.2, 0.25) is 0 Å². The lowest BCUT2D eigenvalue weighted by Crippen LogP contribution is -2.03. The van der Waals surface area contributed by atoms with E-state index in [0.29, 0.717) is 6.54 Å². The number of rotatable bonds is 2. The molecular weight excluding hydrogens is 162 g/mol. The molecule has 64 valence electrons. The summed E-state index contributed by atoms with van der Waals surface area (Å²) in [6.45, 7) is 4.30. The molecule has 2 rings (SSSR count). The van der Waals surface area contributed by atoms with E-state index in [0.717, 1.165) is 17.0 Å². The number of pyridine rings is 1. The molecule has 1 aliphatic rings. The molecule has 0 atom stereocenters. The monoisotopic (exact) mass is 171 g/mol. The van der Waals surface area contributed by atoms with Crippen LogP contribution in [0.2, 0.25) is 0 Å². The number of hydrogen-bond acceptors (Lipinski definition) is 3. The Labute approximate surface area is 76.6 Å². The van der Waals surface area contributed by atoms with Gasteiger partial charge in [0, 0.05) is 6.20 Å². The van der Waals surface area contributed by atoms with Crippen molar-refractivity contribution in [1.82, 2.24) is 4.98 Å². The lowest BCUT2D eigenvalue weighted by molar-refractivity contribution is 1.25. The van der Waals surface area contributed by atoms with Gasteiger partial charge in [0.1, 0.15) is 6.34 Å². The van der Waals surface area contributed by atoms with E-state index < -0.39 is 0 Å². The highest BCUT2D eigenvalue weighted by molar-refractivity contribution is 6.06. The Balaban J connectivity index is 2.28. The van der Waals surface area contributed by atoms with Crippen LogP contribution in [0.1, 0.15) is 11.3 Å². The molecular formula is C10H9N3. The van der Waals surface area contributed by atoms with Crippen LogP contribution in [0.15, 0.2) is 34.9 Å². The Hall–Kier alpha value is -1.77. The van der Waals surface area contributed by atoms with Gasteiger partial charge >= 0.3 is 0 Å². The van der Waals surface area contributed by atoms with Crippen molar-refractivity contribution in [3.63, 3.8) is 0 Å². The summed E-state index contributed by atoms with van der Waals surface area (Å²) < 4.78 is 0. The minimum atomic E-state index is 0.639. The lowest BCUT2D eigenvalue weighted by Gasteiger charge is -1.98. The summed E-state index contributed by atoms with van der Waals surface area (Å²) in [7, 11) is 0. The van der Waals surface area contributed by atoms with Crippen molar-refractivity contribution in [2.75, 3.05) is 6.54 Å². The largest absolute Gasteiger partial charge is 0.267 e. The van der Waals surface area contributed by atoms with Gasteiger partial charge < -0.3 is 0 Å². The first kappa shape index (κ1) is 7.86. The van der Waals surface area contributed by atoms with Crippen molar-refractivity contribution in [3.8, 4) is 0 Å². The molecule has 0 aromatic carbocycles. The van der Waals surface area contributed by atoms with Gasteiger partial charge in [0.05, 0.1) is 18.0 Å². The first-order valence-corrected chi connectivity index (χ1v) is 4.04. The summed E-state index contributed by atoms with van der Waals surface area (Å²) in [6.07, 6.45) is 5.12. The van der Waals surface area contributed by atoms with E-state index in [1.54, 1.807) is 18.6 Å². The molecule has 2 heterocycles. The van der Waals surface area contributed by atoms with E-state index in [-0.39, 0.29) is 0 Å². The molecule has 0 saturated carbocycles. The average molecular weight is 171 g/mol. The third kappa shape index (κ3) is 1.54. The molecule has 0 unspecified atom stereocenters. The van der Waals surface area contributed by atoms with E-state index in [9.17, 15) is 0 Å². The number of nitrogens with zero attached hydrogens (tertiary/aromatic N) is 3. The molecule has 0 saturated heterocycles. The van der Waals surface area contributed by atoms with Gasteiger partial charge in [-0.2, -0.15) is 0 Å². The minimum Gasteiger partial charge on any atom is -0.267 e. The van der Waals surface area contributed by atoms with Gasteiger partial charge in [-0.05, 0) is 11.6 Å². The highest BCUT2D eigenvalue weighted by Crippen LogP contribution is 2.04. The predicted octanol–water partition coefficient (Wildman–Crippen LogP) is 1.56. The zero-order chi connectivity index (χ0) is 9.10. The van der Waals surface area contributed by atoms with Crippen molar-refractivity contribution < 1.29 is 0 Å². The SMILES string of the molecule is C=Cc1ccc(C2=NC=NC2)nc1. The van der Waals surface area contributed by atoms with Crippen molar-refractivity contribution in [3.05, 3.63) is 36.2 Å². The van der Waals surface area contributed by atoms with Gasteiger partial charge in [-0.15, -0.1) is 0 Å². The van der Waals surface area contributed by atoms with E-state index in [1.165, 1.54) is 0 Å². The molecule has 3 nitrogen and oxygen atoms in total. The van der Waals surface area contributed by atoms with Crippen molar-refractivity contribution in [2.24, 2.45) is 9.98 Å². The van der Waals surface area contributed by atoms with Crippen molar-refractivity contribution >= 4 is 18.1 Å². The zero-order valence-electron chi connectivity index (χ0n) is 7.14. The molecule has 1 aromatic rings. The van der Waals surface area contributed by atoms with E-state index in [2.05, 4.69) is 21.5 Å². The van der Waals surface area contributed by atoms with Crippen molar-refractivity contribution in [2.45, 2.75) is 0 Å². The second-order valence-electron chi connectivity index (χ2n) is 2.71. The number of hydrogen-bond donors (Lipinski definition) is 0. The maximum absolute atomic E-state index is 4.25. The number of aromatic nitrogens is 1. The highest BCUT2D eigenvalue weighted by Gasteiger charge is 2.06. The van der Waals surface area contributed by atoms with Crippen LogP contribution in [-0.2, 0) is 0 Å². The van der Waals surface area contributed by atoms with Crippen LogP contribution >= 0.6 is 0 Å². The second-order valence-corrected chi connectivity index (χ2v) is 2.71. The summed E-state index contributed by atoms with van der Waals surface area (Å²) >= 11 is 0. The Kier molecular flexibility index (Phi) is 2.00. The first-order chi connectivity index (χ1) is 6.40. The molecule has 3 heteroatoms. The molecule has 0 radical (unpaired) electrons. The number of aliphatic imine (C=N–C) groups is 2. The third-order valence-corrected chi connectivity index (χ3v) is 1.85. The Morgan fingerprint density at radius 3 is 2.85 bits per heavy atom. The average Bonchev–Trinajstić information content (AvgIpc) is 2.71. The van der Waals surface area contributed by atoms with Crippen LogP contribution in [0, 0.1) is 0 Å². The lowest BCUT2D eigenvalue weighted by atomic mass is 10.2. The highest BCUT2D eigenvalue weighted by atomic mass is 15.0. The Morgan fingerprint density at radius 1 is 1.38 bits per heavy atom. The van der Waals surface area contributed by atoms with Crippen molar-refractivity contribution in [1.29, 1.82) is 0 Å². The fourth-order valence-corrected chi connectivity index (χ4v) is 1.12. The van der Waals surface area contributed by atoms with Gasteiger partial charge in [-0.25, -0.2) is 4.99 Å². The van der Waals surface area contributed by atoms with E-state index in [4.69, 9.17) is 0 Å². The van der Waals surface area contributed by atoms with Gasteiger partial charge in [-0.1, -0.05) is 18.7 Å². The normalized spacial score (nSPS) is 14.3. The topological polar surface area (TPSA) is 37.6 Å². The van der Waals surface area contributed by atoms with Crippen LogP contribution in [-0.4, -0.2) is 23.6 Å². The van der Waals surface area contributed by atoms with Gasteiger partial charge in [0.25, 0.3) is 0 Å². The summed E-state index contributed by atoms with van der Waals surface area (Å²) in [4.78, 5) is 12.3. The van der Waals surface area contributed by atoms with E-state index in [1.807, 2.05) is 12.1 Å². The third-order valence-electron chi connectivity index (χ3n) is 1.85.